The van der Waals surface area contributed by atoms with Crippen LogP contribution in [-0.2, 0) is 14.3 Å². The lowest BCUT2D eigenvalue weighted by Gasteiger charge is -2.29. The Morgan fingerprint density at radius 3 is 2.47 bits per heavy atom. The molecule has 1 aliphatic carbocycles. The fourth-order valence-electron chi connectivity index (χ4n) is 2.14. The highest BCUT2D eigenvalue weighted by Gasteiger charge is 2.40. The summed E-state index contributed by atoms with van der Waals surface area (Å²) in [6.45, 7) is 0. The number of aliphatic carboxylic acids is 1. The quantitative estimate of drug-likeness (QED) is 0.903. The molecule has 1 N–H and O–H groups in total. The van der Waals surface area contributed by atoms with Gasteiger partial charge in [0.2, 0.25) is 0 Å². The number of allylic oxidation sites excluding steroid dienone is 1. The van der Waals surface area contributed by atoms with Crippen LogP contribution in [-0.4, -0.2) is 30.9 Å². The van der Waals surface area contributed by atoms with Crippen LogP contribution in [0, 0.1) is 0 Å². The van der Waals surface area contributed by atoms with Crippen molar-refractivity contribution >= 4 is 11.5 Å². The van der Waals surface area contributed by atoms with E-state index in [-0.39, 0.29) is 6.42 Å². The molecule has 1 aromatic carbocycles. The van der Waals surface area contributed by atoms with Crippen molar-refractivity contribution in [1.29, 1.82) is 0 Å². The van der Waals surface area contributed by atoms with Crippen molar-refractivity contribution in [3.8, 4) is 0 Å². The van der Waals surface area contributed by atoms with E-state index in [9.17, 15) is 9.90 Å². The second-order valence-corrected chi connectivity index (χ2v) is 4.36. The summed E-state index contributed by atoms with van der Waals surface area (Å²) in [5.41, 5.74) is 0.475. The molecule has 0 saturated heterocycles. The number of carboxylic acids is 1. The van der Waals surface area contributed by atoms with Crippen LogP contribution < -0.4 is 0 Å². The molecule has 100 valence electrons. The molecule has 0 bridgehead atoms. The summed E-state index contributed by atoms with van der Waals surface area (Å²) < 4.78 is 10.4. The Balaban J connectivity index is 2.45. The Morgan fingerprint density at radius 1 is 1.26 bits per heavy atom. The van der Waals surface area contributed by atoms with E-state index in [1.54, 1.807) is 0 Å². The SMILES string of the molecule is COC1=CC(OC)(C(=O)O)CC(c2ccccc2)=C1. The van der Waals surface area contributed by atoms with E-state index in [0.29, 0.717) is 5.76 Å². The highest BCUT2D eigenvalue weighted by Crippen LogP contribution is 2.35. The molecule has 1 aromatic rings. The van der Waals surface area contributed by atoms with Gasteiger partial charge in [-0.25, -0.2) is 4.79 Å². The van der Waals surface area contributed by atoms with Gasteiger partial charge < -0.3 is 14.6 Å². The van der Waals surface area contributed by atoms with Gasteiger partial charge in [-0.05, 0) is 17.2 Å². The first-order valence-electron chi connectivity index (χ1n) is 5.92. The third-order valence-electron chi connectivity index (χ3n) is 3.25. The first kappa shape index (κ1) is 13.4. The molecule has 0 saturated carbocycles. The van der Waals surface area contributed by atoms with E-state index in [1.165, 1.54) is 20.3 Å². The van der Waals surface area contributed by atoms with E-state index < -0.39 is 11.6 Å². The molecule has 0 aromatic heterocycles. The number of carboxylic acid groups (broad SMARTS) is 1. The van der Waals surface area contributed by atoms with Crippen molar-refractivity contribution in [3.63, 3.8) is 0 Å². The predicted molar refractivity (Wildman–Crippen MR) is 71.5 cm³/mol. The molecule has 4 heteroatoms. The van der Waals surface area contributed by atoms with Gasteiger partial charge in [0.05, 0.1) is 7.11 Å². The Labute approximate surface area is 112 Å². The molecular formula is C15H16O4. The van der Waals surface area contributed by atoms with E-state index >= 15 is 0 Å². The van der Waals surface area contributed by atoms with Gasteiger partial charge in [-0.3, -0.25) is 0 Å². The van der Waals surface area contributed by atoms with Crippen LogP contribution in [0.1, 0.15) is 12.0 Å². The highest BCUT2D eigenvalue weighted by atomic mass is 16.5. The van der Waals surface area contributed by atoms with Gasteiger partial charge in [0.25, 0.3) is 0 Å². The molecule has 4 nitrogen and oxygen atoms in total. The zero-order chi connectivity index (χ0) is 13.9. The fraction of sp³-hybridized carbons (Fsp3) is 0.267. The lowest BCUT2D eigenvalue weighted by molar-refractivity contribution is -0.156. The summed E-state index contributed by atoms with van der Waals surface area (Å²) in [7, 11) is 2.91. The molecule has 0 fully saturated rings. The zero-order valence-electron chi connectivity index (χ0n) is 10.9. The van der Waals surface area contributed by atoms with E-state index in [1.807, 2.05) is 36.4 Å². The summed E-state index contributed by atoms with van der Waals surface area (Å²) >= 11 is 0. The molecule has 1 atom stereocenters. The Kier molecular flexibility index (Phi) is 3.71. The Bertz CT molecular complexity index is 530. The molecule has 1 aliphatic rings. The normalized spacial score (nSPS) is 22.4. The lowest BCUT2D eigenvalue weighted by atomic mass is 9.85. The largest absolute Gasteiger partial charge is 0.497 e. The number of hydrogen-bond donors (Lipinski definition) is 1. The average molecular weight is 260 g/mol. The zero-order valence-corrected chi connectivity index (χ0v) is 10.9. The van der Waals surface area contributed by atoms with Crippen LogP contribution in [0.2, 0.25) is 0 Å². The van der Waals surface area contributed by atoms with Crippen LogP contribution in [0.25, 0.3) is 5.57 Å². The number of ether oxygens (including phenoxy) is 2. The minimum absolute atomic E-state index is 0.274. The third kappa shape index (κ3) is 2.53. The van der Waals surface area contributed by atoms with Gasteiger partial charge in [-0.2, -0.15) is 0 Å². The van der Waals surface area contributed by atoms with Gasteiger partial charge in [0, 0.05) is 19.6 Å². The number of rotatable bonds is 4. The maximum absolute atomic E-state index is 11.5. The Morgan fingerprint density at radius 2 is 1.95 bits per heavy atom. The number of hydrogen-bond acceptors (Lipinski definition) is 3. The maximum atomic E-state index is 11.5. The Hall–Kier alpha value is -2.07. The second-order valence-electron chi connectivity index (χ2n) is 4.36. The number of carbonyl (C=O) groups is 1. The van der Waals surface area contributed by atoms with Crippen LogP contribution >= 0.6 is 0 Å². The van der Waals surface area contributed by atoms with Gasteiger partial charge in [0.1, 0.15) is 5.76 Å². The molecule has 19 heavy (non-hydrogen) atoms. The van der Waals surface area contributed by atoms with Crippen molar-refractivity contribution in [2.24, 2.45) is 0 Å². The van der Waals surface area contributed by atoms with Crippen LogP contribution in [0.5, 0.6) is 0 Å². The van der Waals surface area contributed by atoms with E-state index in [0.717, 1.165) is 11.1 Å². The topological polar surface area (TPSA) is 55.8 Å². The molecule has 0 radical (unpaired) electrons. The van der Waals surface area contributed by atoms with Gasteiger partial charge >= 0.3 is 5.97 Å². The minimum Gasteiger partial charge on any atom is -0.497 e. The van der Waals surface area contributed by atoms with Crippen molar-refractivity contribution in [3.05, 3.63) is 53.8 Å². The van der Waals surface area contributed by atoms with Crippen molar-refractivity contribution in [1.82, 2.24) is 0 Å². The van der Waals surface area contributed by atoms with Crippen molar-refractivity contribution in [2.75, 3.05) is 14.2 Å². The summed E-state index contributed by atoms with van der Waals surface area (Å²) in [5.74, 6) is -0.527. The molecule has 0 amide bonds. The molecule has 0 heterocycles. The van der Waals surface area contributed by atoms with Crippen molar-refractivity contribution in [2.45, 2.75) is 12.0 Å². The maximum Gasteiger partial charge on any atom is 0.340 e. The first-order valence-corrected chi connectivity index (χ1v) is 5.92. The van der Waals surface area contributed by atoms with Crippen LogP contribution in [0.3, 0.4) is 0 Å². The molecule has 0 aliphatic heterocycles. The monoisotopic (exact) mass is 260 g/mol. The van der Waals surface area contributed by atoms with E-state index in [4.69, 9.17) is 9.47 Å². The summed E-state index contributed by atoms with van der Waals surface area (Å²) in [6, 6.07) is 9.62. The predicted octanol–water partition coefficient (Wildman–Crippen LogP) is 2.47. The van der Waals surface area contributed by atoms with Crippen molar-refractivity contribution < 1.29 is 19.4 Å². The summed E-state index contributed by atoms with van der Waals surface area (Å²) in [5, 5.41) is 9.41. The smallest absolute Gasteiger partial charge is 0.340 e. The van der Waals surface area contributed by atoms with Crippen LogP contribution in [0.15, 0.2) is 48.2 Å². The van der Waals surface area contributed by atoms with Crippen LogP contribution in [0.4, 0.5) is 0 Å². The third-order valence-corrected chi connectivity index (χ3v) is 3.25. The van der Waals surface area contributed by atoms with Gasteiger partial charge in [0.15, 0.2) is 5.60 Å². The average Bonchev–Trinajstić information content (AvgIpc) is 2.47. The number of methoxy groups -OCH3 is 2. The fourth-order valence-corrected chi connectivity index (χ4v) is 2.14. The molecular weight excluding hydrogens is 244 g/mol. The van der Waals surface area contributed by atoms with E-state index in [2.05, 4.69) is 0 Å². The van der Waals surface area contributed by atoms with Gasteiger partial charge in [-0.1, -0.05) is 30.3 Å². The summed E-state index contributed by atoms with van der Waals surface area (Å²) in [4.78, 5) is 11.5. The van der Waals surface area contributed by atoms with Gasteiger partial charge in [-0.15, -0.1) is 0 Å². The first-order chi connectivity index (χ1) is 9.11. The standard InChI is InChI=1S/C15H16O4/c1-18-13-8-12(11-6-4-3-5-7-11)9-15(10-13,19-2)14(16)17/h3-8,10H,9H2,1-2H3,(H,16,17). The highest BCUT2D eigenvalue weighted by molar-refractivity contribution is 5.86. The molecule has 0 spiro atoms. The second kappa shape index (κ2) is 5.28. The molecule has 2 rings (SSSR count). The lowest BCUT2D eigenvalue weighted by Crippen LogP contribution is -2.40. The summed E-state index contributed by atoms with van der Waals surface area (Å²) in [6.07, 6.45) is 3.62. The number of benzene rings is 1. The minimum atomic E-state index is -1.37. The molecule has 1 unspecified atom stereocenters.